The fourth-order valence-corrected chi connectivity index (χ4v) is 2.91. The summed E-state index contributed by atoms with van der Waals surface area (Å²) in [5, 5.41) is 11.7. The molecule has 1 heterocycles. The summed E-state index contributed by atoms with van der Waals surface area (Å²) in [4.78, 5) is 25.7. The van der Waals surface area contributed by atoms with Gasteiger partial charge >= 0.3 is 0 Å². The Labute approximate surface area is 157 Å². The van der Waals surface area contributed by atoms with Crippen molar-refractivity contribution in [3.8, 4) is 11.8 Å². The maximum absolute atomic E-state index is 12.2. The number of nitriles is 1. The van der Waals surface area contributed by atoms with Crippen molar-refractivity contribution in [1.82, 2.24) is 0 Å². The van der Waals surface area contributed by atoms with Gasteiger partial charge in [0, 0.05) is 24.7 Å². The summed E-state index contributed by atoms with van der Waals surface area (Å²) >= 11 is 0. The molecule has 0 aromatic heterocycles. The number of anilines is 2. The topological polar surface area (TPSA) is 82.4 Å². The highest BCUT2D eigenvalue weighted by atomic mass is 16.5. The van der Waals surface area contributed by atoms with Gasteiger partial charge in [0.1, 0.15) is 5.75 Å². The van der Waals surface area contributed by atoms with Gasteiger partial charge in [0.05, 0.1) is 24.4 Å². The van der Waals surface area contributed by atoms with Crippen molar-refractivity contribution in [2.24, 2.45) is 0 Å². The van der Waals surface area contributed by atoms with Crippen molar-refractivity contribution in [1.29, 1.82) is 5.26 Å². The normalized spacial score (nSPS) is 13.6. The maximum Gasteiger partial charge on any atom is 0.248 e. The Morgan fingerprint density at radius 1 is 1.26 bits per heavy atom. The van der Waals surface area contributed by atoms with Crippen LogP contribution in [-0.2, 0) is 9.59 Å². The van der Waals surface area contributed by atoms with E-state index in [1.807, 2.05) is 30.3 Å². The molecule has 2 amide bonds. The fourth-order valence-electron chi connectivity index (χ4n) is 2.91. The van der Waals surface area contributed by atoms with E-state index in [1.54, 1.807) is 29.2 Å². The van der Waals surface area contributed by atoms with Crippen LogP contribution in [-0.4, -0.2) is 25.5 Å². The maximum atomic E-state index is 12.2. The SMILES string of the molecule is COc1ccc(C#N)cc1NC(=O)/C=C/c1ccc(N2CCCC2=O)cc1. The van der Waals surface area contributed by atoms with Gasteiger partial charge in [0.2, 0.25) is 11.8 Å². The summed E-state index contributed by atoms with van der Waals surface area (Å²) in [5.41, 5.74) is 2.59. The molecule has 1 saturated heterocycles. The van der Waals surface area contributed by atoms with Crippen LogP contribution < -0.4 is 15.0 Å². The van der Waals surface area contributed by atoms with Crippen LogP contribution in [0.25, 0.3) is 6.08 Å². The standard InChI is InChI=1S/C21H19N3O3/c1-27-19-10-6-16(14-22)13-18(19)23-20(25)11-7-15-4-8-17(9-5-15)24-12-2-3-21(24)26/h4-11,13H,2-3,12H2,1H3,(H,23,25)/b11-7+. The number of benzene rings is 2. The van der Waals surface area contributed by atoms with E-state index in [-0.39, 0.29) is 11.8 Å². The third kappa shape index (κ3) is 4.33. The van der Waals surface area contributed by atoms with E-state index in [1.165, 1.54) is 13.2 Å². The zero-order valence-electron chi connectivity index (χ0n) is 14.9. The Bertz CT molecular complexity index is 927. The molecule has 0 radical (unpaired) electrons. The number of ether oxygens (including phenoxy) is 1. The first kappa shape index (κ1) is 18.2. The van der Waals surface area contributed by atoms with E-state index in [0.717, 1.165) is 24.2 Å². The number of hydrogen-bond acceptors (Lipinski definition) is 4. The number of nitrogens with zero attached hydrogens (tertiary/aromatic N) is 2. The van der Waals surface area contributed by atoms with E-state index >= 15 is 0 Å². The van der Waals surface area contributed by atoms with Crippen LogP contribution in [0, 0.1) is 11.3 Å². The summed E-state index contributed by atoms with van der Waals surface area (Å²) in [6.45, 7) is 0.750. The first-order valence-corrected chi connectivity index (χ1v) is 8.58. The molecule has 1 aliphatic heterocycles. The molecule has 6 heteroatoms. The fraction of sp³-hybridized carbons (Fsp3) is 0.190. The second kappa shape index (κ2) is 8.19. The quantitative estimate of drug-likeness (QED) is 0.828. The Balaban J connectivity index is 1.67. The molecule has 0 aliphatic carbocycles. The first-order chi connectivity index (χ1) is 13.1. The number of rotatable bonds is 5. The predicted molar refractivity (Wildman–Crippen MR) is 103 cm³/mol. The molecule has 1 fully saturated rings. The van der Waals surface area contributed by atoms with E-state index < -0.39 is 0 Å². The van der Waals surface area contributed by atoms with E-state index in [4.69, 9.17) is 10.00 Å². The Kier molecular flexibility index (Phi) is 5.53. The van der Waals surface area contributed by atoms with Crippen LogP contribution in [0.5, 0.6) is 5.75 Å². The summed E-state index contributed by atoms with van der Waals surface area (Å²) in [6.07, 6.45) is 4.58. The molecule has 0 unspecified atom stereocenters. The van der Waals surface area contributed by atoms with E-state index in [0.29, 0.717) is 23.4 Å². The second-order valence-corrected chi connectivity index (χ2v) is 6.09. The zero-order valence-corrected chi connectivity index (χ0v) is 14.9. The Morgan fingerprint density at radius 3 is 2.67 bits per heavy atom. The molecule has 0 spiro atoms. The molecule has 0 atom stereocenters. The minimum absolute atomic E-state index is 0.145. The summed E-state index contributed by atoms with van der Waals surface area (Å²) < 4.78 is 5.20. The molecular formula is C21H19N3O3. The van der Waals surface area contributed by atoms with Gasteiger partial charge in [-0.05, 0) is 48.4 Å². The molecule has 2 aromatic carbocycles. The number of methoxy groups -OCH3 is 1. The van der Waals surface area contributed by atoms with E-state index in [2.05, 4.69) is 5.32 Å². The monoisotopic (exact) mass is 361 g/mol. The highest BCUT2D eigenvalue weighted by molar-refractivity contribution is 6.03. The van der Waals surface area contributed by atoms with Gasteiger partial charge in [-0.1, -0.05) is 12.1 Å². The van der Waals surface area contributed by atoms with Crippen LogP contribution in [0.3, 0.4) is 0 Å². The van der Waals surface area contributed by atoms with Gasteiger partial charge in [-0.3, -0.25) is 9.59 Å². The Hall–Kier alpha value is -3.59. The third-order valence-corrected chi connectivity index (χ3v) is 4.29. The number of carbonyl (C=O) groups is 2. The highest BCUT2D eigenvalue weighted by Crippen LogP contribution is 2.25. The van der Waals surface area contributed by atoms with Crippen molar-refractivity contribution in [2.75, 3.05) is 23.9 Å². The summed E-state index contributed by atoms with van der Waals surface area (Å²) in [5.74, 6) is 0.295. The number of amides is 2. The average molecular weight is 361 g/mol. The van der Waals surface area contributed by atoms with Gasteiger partial charge in [0.25, 0.3) is 0 Å². The Morgan fingerprint density at radius 2 is 2.04 bits per heavy atom. The number of nitrogens with one attached hydrogen (secondary N) is 1. The lowest BCUT2D eigenvalue weighted by Gasteiger charge is -2.15. The van der Waals surface area contributed by atoms with Crippen molar-refractivity contribution in [2.45, 2.75) is 12.8 Å². The van der Waals surface area contributed by atoms with Crippen LogP contribution in [0.1, 0.15) is 24.0 Å². The zero-order chi connectivity index (χ0) is 19.2. The van der Waals surface area contributed by atoms with Crippen molar-refractivity contribution < 1.29 is 14.3 Å². The van der Waals surface area contributed by atoms with Gasteiger partial charge < -0.3 is 15.0 Å². The van der Waals surface area contributed by atoms with Crippen molar-refractivity contribution >= 4 is 29.3 Å². The van der Waals surface area contributed by atoms with Gasteiger partial charge in [0.15, 0.2) is 0 Å². The average Bonchev–Trinajstić information content (AvgIpc) is 3.12. The predicted octanol–water partition coefficient (Wildman–Crippen LogP) is 3.35. The lowest BCUT2D eigenvalue weighted by Crippen LogP contribution is -2.23. The minimum Gasteiger partial charge on any atom is -0.495 e. The lowest BCUT2D eigenvalue weighted by atomic mass is 10.1. The molecule has 2 aromatic rings. The number of carbonyl (C=O) groups excluding carboxylic acids is 2. The molecular weight excluding hydrogens is 342 g/mol. The summed E-state index contributed by atoms with van der Waals surface area (Å²) in [7, 11) is 1.50. The summed E-state index contributed by atoms with van der Waals surface area (Å²) in [6, 6.07) is 14.3. The highest BCUT2D eigenvalue weighted by Gasteiger charge is 2.21. The van der Waals surface area contributed by atoms with Gasteiger partial charge in [-0.15, -0.1) is 0 Å². The molecule has 0 bridgehead atoms. The molecule has 1 aliphatic rings. The third-order valence-electron chi connectivity index (χ3n) is 4.29. The number of hydrogen-bond donors (Lipinski definition) is 1. The minimum atomic E-state index is -0.331. The van der Waals surface area contributed by atoms with Crippen LogP contribution in [0.4, 0.5) is 11.4 Å². The van der Waals surface area contributed by atoms with Gasteiger partial charge in [-0.2, -0.15) is 5.26 Å². The molecule has 27 heavy (non-hydrogen) atoms. The van der Waals surface area contributed by atoms with Gasteiger partial charge in [-0.25, -0.2) is 0 Å². The lowest BCUT2D eigenvalue weighted by molar-refractivity contribution is -0.117. The second-order valence-electron chi connectivity index (χ2n) is 6.09. The van der Waals surface area contributed by atoms with Crippen LogP contribution >= 0.6 is 0 Å². The largest absolute Gasteiger partial charge is 0.495 e. The van der Waals surface area contributed by atoms with Crippen molar-refractivity contribution in [3.05, 3.63) is 59.7 Å². The van der Waals surface area contributed by atoms with Crippen molar-refractivity contribution in [3.63, 3.8) is 0 Å². The molecule has 136 valence electrons. The molecule has 6 nitrogen and oxygen atoms in total. The first-order valence-electron chi connectivity index (χ1n) is 8.58. The molecule has 3 rings (SSSR count). The van der Waals surface area contributed by atoms with E-state index in [9.17, 15) is 9.59 Å². The smallest absolute Gasteiger partial charge is 0.248 e. The van der Waals surface area contributed by atoms with Crippen LogP contribution in [0.15, 0.2) is 48.5 Å². The molecule has 1 N–H and O–H groups in total. The molecule has 0 saturated carbocycles. The van der Waals surface area contributed by atoms with Crippen LogP contribution in [0.2, 0.25) is 0 Å².